The average Bonchev–Trinajstić information content (AvgIpc) is 2.74. The fraction of sp³-hybridized carbons (Fsp3) is 0.136. The van der Waals surface area contributed by atoms with Crippen molar-refractivity contribution < 1.29 is 9.53 Å². The molecule has 0 saturated heterocycles. The third-order valence-electron chi connectivity index (χ3n) is 4.17. The van der Waals surface area contributed by atoms with Gasteiger partial charge in [-0.1, -0.05) is 24.3 Å². The summed E-state index contributed by atoms with van der Waals surface area (Å²) < 4.78 is 5.23. The number of amides is 1. The van der Waals surface area contributed by atoms with E-state index in [2.05, 4.69) is 27.8 Å². The number of aromatic nitrogens is 1. The summed E-state index contributed by atoms with van der Waals surface area (Å²) in [5, 5.41) is 15.1. The number of nitriles is 1. The number of anilines is 2. The van der Waals surface area contributed by atoms with E-state index in [1.165, 1.54) is 5.56 Å². The third kappa shape index (κ3) is 4.86. The van der Waals surface area contributed by atoms with Crippen LogP contribution in [0, 0.1) is 11.3 Å². The SMILES string of the molecule is COc1cccc(CCNc2ccc(C(=O)Nc3ccccc3C#N)nc2)c1. The smallest absolute Gasteiger partial charge is 0.274 e. The molecule has 1 aromatic heterocycles. The minimum atomic E-state index is -0.356. The molecule has 0 bridgehead atoms. The molecule has 1 amide bonds. The number of pyridine rings is 1. The van der Waals surface area contributed by atoms with Gasteiger partial charge < -0.3 is 15.4 Å². The lowest BCUT2D eigenvalue weighted by Crippen LogP contribution is -2.14. The van der Waals surface area contributed by atoms with E-state index < -0.39 is 0 Å². The summed E-state index contributed by atoms with van der Waals surface area (Å²) in [7, 11) is 1.65. The molecule has 0 radical (unpaired) electrons. The van der Waals surface area contributed by atoms with Crippen molar-refractivity contribution in [2.24, 2.45) is 0 Å². The fourth-order valence-electron chi connectivity index (χ4n) is 2.69. The molecule has 3 rings (SSSR count). The van der Waals surface area contributed by atoms with Crippen LogP contribution in [-0.2, 0) is 6.42 Å². The monoisotopic (exact) mass is 372 g/mol. The first-order valence-electron chi connectivity index (χ1n) is 8.83. The predicted octanol–water partition coefficient (Wildman–Crippen LogP) is 3.87. The van der Waals surface area contributed by atoms with E-state index in [1.54, 1.807) is 43.6 Å². The van der Waals surface area contributed by atoms with Gasteiger partial charge in [-0.15, -0.1) is 0 Å². The maximum atomic E-state index is 12.3. The number of carbonyl (C=O) groups excluding carboxylic acids is 1. The quantitative estimate of drug-likeness (QED) is 0.657. The number of methoxy groups -OCH3 is 1. The molecule has 0 spiro atoms. The molecule has 3 aromatic rings. The molecule has 2 aromatic carbocycles. The minimum Gasteiger partial charge on any atom is -0.497 e. The van der Waals surface area contributed by atoms with Crippen LogP contribution in [0.3, 0.4) is 0 Å². The molecule has 140 valence electrons. The number of hydrogen-bond acceptors (Lipinski definition) is 5. The second kappa shape index (κ2) is 9.19. The van der Waals surface area contributed by atoms with Crippen LogP contribution >= 0.6 is 0 Å². The molecule has 1 heterocycles. The minimum absolute atomic E-state index is 0.283. The number of nitrogens with zero attached hydrogens (tertiary/aromatic N) is 2. The van der Waals surface area contributed by atoms with Crippen LogP contribution in [-0.4, -0.2) is 24.5 Å². The molecule has 0 atom stereocenters. The first-order valence-corrected chi connectivity index (χ1v) is 8.83. The van der Waals surface area contributed by atoms with Gasteiger partial charge in [-0.25, -0.2) is 4.98 Å². The number of hydrogen-bond donors (Lipinski definition) is 2. The third-order valence-corrected chi connectivity index (χ3v) is 4.17. The van der Waals surface area contributed by atoms with Gasteiger partial charge in [0.25, 0.3) is 5.91 Å². The lowest BCUT2D eigenvalue weighted by Gasteiger charge is -2.09. The molecule has 0 aliphatic heterocycles. The van der Waals surface area contributed by atoms with Gasteiger partial charge in [-0.05, 0) is 48.4 Å². The fourth-order valence-corrected chi connectivity index (χ4v) is 2.69. The van der Waals surface area contributed by atoms with Crippen molar-refractivity contribution in [2.75, 3.05) is 24.3 Å². The van der Waals surface area contributed by atoms with Crippen LogP contribution in [0.15, 0.2) is 66.9 Å². The van der Waals surface area contributed by atoms with Crippen molar-refractivity contribution in [3.63, 3.8) is 0 Å². The molecule has 6 nitrogen and oxygen atoms in total. The number of carbonyl (C=O) groups is 1. The first kappa shape index (κ1) is 18.9. The van der Waals surface area contributed by atoms with Crippen molar-refractivity contribution in [2.45, 2.75) is 6.42 Å². The van der Waals surface area contributed by atoms with E-state index in [-0.39, 0.29) is 11.6 Å². The molecule has 6 heteroatoms. The Hall–Kier alpha value is -3.85. The lowest BCUT2D eigenvalue weighted by atomic mass is 10.1. The van der Waals surface area contributed by atoms with E-state index in [1.807, 2.05) is 24.3 Å². The molecular weight excluding hydrogens is 352 g/mol. The maximum Gasteiger partial charge on any atom is 0.274 e. The van der Waals surface area contributed by atoms with E-state index in [9.17, 15) is 4.79 Å². The summed E-state index contributed by atoms with van der Waals surface area (Å²) in [6.45, 7) is 0.732. The number of benzene rings is 2. The Morgan fingerprint density at radius 3 is 2.75 bits per heavy atom. The van der Waals surface area contributed by atoms with Crippen LogP contribution in [0.25, 0.3) is 0 Å². The zero-order valence-corrected chi connectivity index (χ0v) is 15.5. The van der Waals surface area contributed by atoms with Crippen LogP contribution in [0.1, 0.15) is 21.6 Å². The Morgan fingerprint density at radius 2 is 2.00 bits per heavy atom. The van der Waals surface area contributed by atoms with Crippen LogP contribution in [0.4, 0.5) is 11.4 Å². The Labute approximate surface area is 163 Å². The molecular formula is C22H20N4O2. The van der Waals surface area contributed by atoms with Crippen molar-refractivity contribution in [3.05, 3.63) is 83.7 Å². The highest BCUT2D eigenvalue weighted by molar-refractivity contribution is 6.03. The summed E-state index contributed by atoms with van der Waals surface area (Å²) in [5.41, 5.74) is 3.17. The van der Waals surface area contributed by atoms with Gasteiger partial charge in [0.15, 0.2) is 0 Å². The average molecular weight is 372 g/mol. The Balaban J connectivity index is 1.55. The van der Waals surface area contributed by atoms with E-state index in [4.69, 9.17) is 10.00 Å². The summed E-state index contributed by atoms with van der Waals surface area (Å²) >= 11 is 0. The predicted molar refractivity (Wildman–Crippen MR) is 109 cm³/mol. The zero-order valence-electron chi connectivity index (χ0n) is 15.5. The lowest BCUT2D eigenvalue weighted by molar-refractivity contribution is 0.102. The van der Waals surface area contributed by atoms with Crippen LogP contribution in [0.5, 0.6) is 5.75 Å². The van der Waals surface area contributed by atoms with Crippen molar-refractivity contribution in [1.82, 2.24) is 4.98 Å². The number of ether oxygens (including phenoxy) is 1. The normalized spacial score (nSPS) is 10.0. The topological polar surface area (TPSA) is 87.0 Å². The van der Waals surface area contributed by atoms with Gasteiger partial charge in [0, 0.05) is 6.54 Å². The first-order chi connectivity index (χ1) is 13.7. The van der Waals surface area contributed by atoms with Gasteiger partial charge in [-0.2, -0.15) is 5.26 Å². The van der Waals surface area contributed by atoms with Crippen molar-refractivity contribution in [1.29, 1.82) is 5.26 Å². The molecule has 0 saturated carbocycles. The largest absolute Gasteiger partial charge is 0.497 e. The van der Waals surface area contributed by atoms with E-state index >= 15 is 0 Å². The molecule has 2 N–H and O–H groups in total. The zero-order chi connectivity index (χ0) is 19.8. The number of para-hydroxylation sites is 1. The molecule has 0 fully saturated rings. The highest BCUT2D eigenvalue weighted by Gasteiger charge is 2.10. The van der Waals surface area contributed by atoms with Crippen LogP contribution in [0.2, 0.25) is 0 Å². The Morgan fingerprint density at radius 1 is 1.14 bits per heavy atom. The number of nitrogens with one attached hydrogen (secondary N) is 2. The van der Waals surface area contributed by atoms with Gasteiger partial charge >= 0.3 is 0 Å². The second-order valence-electron chi connectivity index (χ2n) is 6.07. The second-order valence-corrected chi connectivity index (χ2v) is 6.07. The standard InChI is InChI=1S/C22H20N4O2/c1-28-19-7-4-5-16(13-19)11-12-24-18-9-10-21(25-15-18)22(27)26-20-8-3-2-6-17(20)14-23/h2-10,13,15,24H,11-12H2,1H3,(H,26,27). The van der Waals surface area contributed by atoms with Gasteiger partial charge in [0.1, 0.15) is 17.5 Å². The van der Waals surface area contributed by atoms with E-state index in [0.717, 1.165) is 24.4 Å². The van der Waals surface area contributed by atoms with Crippen molar-refractivity contribution in [3.8, 4) is 11.8 Å². The molecule has 28 heavy (non-hydrogen) atoms. The van der Waals surface area contributed by atoms with Gasteiger partial charge in [0.2, 0.25) is 0 Å². The Kier molecular flexibility index (Phi) is 6.21. The summed E-state index contributed by atoms with van der Waals surface area (Å²) in [6, 6.07) is 20.3. The highest BCUT2D eigenvalue weighted by Crippen LogP contribution is 2.16. The van der Waals surface area contributed by atoms with E-state index in [0.29, 0.717) is 11.3 Å². The number of rotatable bonds is 7. The van der Waals surface area contributed by atoms with Gasteiger partial charge in [-0.3, -0.25) is 4.79 Å². The van der Waals surface area contributed by atoms with Gasteiger partial charge in [0.05, 0.1) is 30.2 Å². The summed E-state index contributed by atoms with van der Waals surface area (Å²) in [5.74, 6) is 0.484. The van der Waals surface area contributed by atoms with Crippen molar-refractivity contribution >= 4 is 17.3 Å². The maximum absolute atomic E-state index is 12.3. The molecule has 0 unspecified atom stereocenters. The molecule has 0 aliphatic carbocycles. The summed E-state index contributed by atoms with van der Waals surface area (Å²) in [4.78, 5) is 16.5. The highest BCUT2D eigenvalue weighted by atomic mass is 16.5. The summed E-state index contributed by atoms with van der Waals surface area (Å²) in [6.07, 6.45) is 2.46. The molecule has 0 aliphatic rings. The Bertz CT molecular complexity index is 994. The van der Waals surface area contributed by atoms with Crippen LogP contribution < -0.4 is 15.4 Å².